The van der Waals surface area contributed by atoms with Crippen molar-refractivity contribution in [2.75, 3.05) is 20.8 Å². The topological polar surface area (TPSA) is 64.6 Å². The minimum Gasteiger partial charge on any atom is -0.497 e. The van der Waals surface area contributed by atoms with Gasteiger partial charge in [-0.05, 0) is 41.8 Å². The third-order valence-electron chi connectivity index (χ3n) is 3.63. The van der Waals surface area contributed by atoms with Gasteiger partial charge in [0.25, 0.3) is 0 Å². The van der Waals surface area contributed by atoms with E-state index in [0.717, 1.165) is 16.9 Å². The van der Waals surface area contributed by atoms with Gasteiger partial charge in [-0.15, -0.1) is 0 Å². The van der Waals surface area contributed by atoms with Crippen molar-refractivity contribution in [1.29, 1.82) is 0 Å². The Morgan fingerprint density at radius 2 is 1.54 bits per heavy atom. The van der Waals surface area contributed by atoms with Crippen LogP contribution in [0.2, 0.25) is 0 Å². The number of carbonyl (C=O) groups is 2. The summed E-state index contributed by atoms with van der Waals surface area (Å²) in [6.45, 7) is 0.548. The summed E-state index contributed by atoms with van der Waals surface area (Å²) in [6, 6.07) is 14.6. The summed E-state index contributed by atoms with van der Waals surface area (Å²) >= 11 is 0. The SMILES string of the molecule is COC(=O)c1ccc(CCNC(=O)Cc2ccc(OC)cc2)cc1. The summed E-state index contributed by atoms with van der Waals surface area (Å²) in [5.41, 5.74) is 2.51. The first-order valence-electron chi connectivity index (χ1n) is 7.69. The highest BCUT2D eigenvalue weighted by Crippen LogP contribution is 2.11. The Hall–Kier alpha value is -2.82. The number of benzene rings is 2. The zero-order valence-corrected chi connectivity index (χ0v) is 13.9. The molecular weight excluding hydrogens is 306 g/mol. The van der Waals surface area contributed by atoms with Crippen LogP contribution in [0.25, 0.3) is 0 Å². The van der Waals surface area contributed by atoms with Crippen molar-refractivity contribution in [2.24, 2.45) is 0 Å². The number of rotatable bonds is 7. The zero-order chi connectivity index (χ0) is 17.4. The first-order chi connectivity index (χ1) is 11.6. The quantitative estimate of drug-likeness (QED) is 0.793. The smallest absolute Gasteiger partial charge is 0.337 e. The molecule has 0 unspecified atom stereocenters. The number of methoxy groups -OCH3 is 2. The number of hydrogen-bond donors (Lipinski definition) is 1. The summed E-state index contributed by atoms with van der Waals surface area (Å²) in [6.07, 6.45) is 1.04. The van der Waals surface area contributed by atoms with Crippen LogP contribution >= 0.6 is 0 Å². The Balaban J connectivity index is 1.76. The second-order valence-electron chi connectivity index (χ2n) is 5.31. The molecule has 0 spiro atoms. The predicted molar refractivity (Wildman–Crippen MR) is 91.2 cm³/mol. The predicted octanol–water partition coefficient (Wildman–Crippen LogP) is 2.38. The summed E-state index contributed by atoms with van der Waals surface area (Å²) in [4.78, 5) is 23.3. The molecule has 126 valence electrons. The standard InChI is InChI=1S/C19H21NO4/c1-23-17-9-5-15(6-10-17)13-18(21)20-12-11-14-3-7-16(8-4-14)19(22)24-2/h3-10H,11-13H2,1-2H3,(H,20,21). The molecule has 2 rings (SSSR count). The molecule has 0 aliphatic heterocycles. The largest absolute Gasteiger partial charge is 0.497 e. The molecule has 0 aliphatic carbocycles. The number of nitrogens with one attached hydrogen (secondary N) is 1. The molecule has 0 fully saturated rings. The minimum atomic E-state index is -0.352. The van der Waals surface area contributed by atoms with Crippen LogP contribution in [0.3, 0.4) is 0 Å². The highest BCUT2D eigenvalue weighted by atomic mass is 16.5. The van der Waals surface area contributed by atoms with Gasteiger partial charge < -0.3 is 14.8 Å². The first-order valence-corrected chi connectivity index (χ1v) is 7.69. The monoisotopic (exact) mass is 327 g/mol. The first kappa shape index (κ1) is 17.5. The van der Waals surface area contributed by atoms with Gasteiger partial charge in [-0.1, -0.05) is 24.3 Å². The lowest BCUT2D eigenvalue weighted by Gasteiger charge is -2.07. The summed E-state index contributed by atoms with van der Waals surface area (Å²) in [5.74, 6) is 0.398. The Morgan fingerprint density at radius 1 is 0.917 bits per heavy atom. The van der Waals surface area contributed by atoms with Crippen LogP contribution in [0, 0.1) is 0 Å². The molecule has 1 N–H and O–H groups in total. The Labute approximate surface area is 141 Å². The van der Waals surface area contributed by atoms with Gasteiger partial charge in [0.05, 0.1) is 26.2 Å². The maximum Gasteiger partial charge on any atom is 0.337 e. The third-order valence-corrected chi connectivity index (χ3v) is 3.63. The molecule has 0 atom stereocenters. The van der Waals surface area contributed by atoms with E-state index >= 15 is 0 Å². The Kier molecular flexibility index (Phi) is 6.37. The molecule has 0 saturated heterocycles. The van der Waals surface area contributed by atoms with E-state index in [9.17, 15) is 9.59 Å². The molecule has 0 aliphatic rings. The molecule has 0 aromatic heterocycles. The molecule has 0 radical (unpaired) electrons. The molecule has 1 amide bonds. The van der Waals surface area contributed by atoms with E-state index in [1.54, 1.807) is 19.2 Å². The van der Waals surface area contributed by atoms with Gasteiger partial charge in [0.2, 0.25) is 5.91 Å². The van der Waals surface area contributed by atoms with Crippen LogP contribution in [-0.4, -0.2) is 32.6 Å². The molecule has 0 bridgehead atoms. The van der Waals surface area contributed by atoms with E-state index < -0.39 is 0 Å². The van der Waals surface area contributed by atoms with Crippen molar-refractivity contribution in [3.63, 3.8) is 0 Å². The lowest BCUT2D eigenvalue weighted by atomic mass is 10.1. The van der Waals surface area contributed by atoms with Crippen molar-refractivity contribution < 1.29 is 19.1 Å². The van der Waals surface area contributed by atoms with E-state index in [1.165, 1.54) is 7.11 Å². The van der Waals surface area contributed by atoms with Crippen LogP contribution < -0.4 is 10.1 Å². The van der Waals surface area contributed by atoms with Crippen molar-refractivity contribution in [2.45, 2.75) is 12.8 Å². The van der Waals surface area contributed by atoms with E-state index in [4.69, 9.17) is 4.74 Å². The van der Waals surface area contributed by atoms with Crippen molar-refractivity contribution >= 4 is 11.9 Å². The summed E-state index contributed by atoms with van der Waals surface area (Å²) in [7, 11) is 2.97. The number of hydrogen-bond acceptors (Lipinski definition) is 4. The second kappa shape index (κ2) is 8.72. The average Bonchev–Trinajstić information content (AvgIpc) is 2.62. The molecule has 0 saturated carbocycles. The van der Waals surface area contributed by atoms with Gasteiger partial charge in [0.15, 0.2) is 0 Å². The van der Waals surface area contributed by atoms with Gasteiger partial charge >= 0.3 is 5.97 Å². The van der Waals surface area contributed by atoms with Crippen LogP contribution in [0.15, 0.2) is 48.5 Å². The van der Waals surface area contributed by atoms with Gasteiger partial charge in [0.1, 0.15) is 5.75 Å². The van der Waals surface area contributed by atoms with Gasteiger partial charge in [-0.3, -0.25) is 4.79 Å². The van der Waals surface area contributed by atoms with Crippen LogP contribution in [0.4, 0.5) is 0 Å². The number of ether oxygens (including phenoxy) is 2. The Bertz CT molecular complexity index is 678. The summed E-state index contributed by atoms with van der Waals surface area (Å²) in [5, 5.41) is 2.89. The molecule has 2 aromatic carbocycles. The number of amides is 1. The molecular formula is C19H21NO4. The fourth-order valence-electron chi connectivity index (χ4n) is 2.26. The van der Waals surface area contributed by atoms with E-state index in [0.29, 0.717) is 24.9 Å². The van der Waals surface area contributed by atoms with E-state index in [2.05, 4.69) is 10.1 Å². The van der Waals surface area contributed by atoms with Crippen LogP contribution in [0.1, 0.15) is 21.5 Å². The maximum atomic E-state index is 11.9. The molecule has 0 heterocycles. The number of carbonyl (C=O) groups excluding carboxylic acids is 2. The van der Waals surface area contributed by atoms with Crippen molar-refractivity contribution in [1.82, 2.24) is 5.32 Å². The van der Waals surface area contributed by atoms with Crippen LogP contribution in [-0.2, 0) is 22.4 Å². The summed E-state index contributed by atoms with van der Waals surface area (Å²) < 4.78 is 9.74. The molecule has 5 heteroatoms. The number of esters is 1. The third kappa shape index (κ3) is 5.12. The molecule has 2 aromatic rings. The minimum absolute atomic E-state index is 0.0219. The van der Waals surface area contributed by atoms with Crippen LogP contribution in [0.5, 0.6) is 5.75 Å². The average molecular weight is 327 g/mol. The highest BCUT2D eigenvalue weighted by Gasteiger charge is 2.06. The highest BCUT2D eigenvalue weighted by molar-refractivity contribution is 5.89. The fourth-order valence-corrected chi connectivity index (χ4v) is 2.26. The van der Waals surface area contributed by atoms with E-state index in [-0.39, 0.29) is 11.9 Å². The molecule has 24 heavy (non-hydrogen) atoms. The van der Waals surface area contributed by atoms with Gasteiger partial charge in [-0.25, -0.2) is 4.79 Å². The van der Waals surface area contributed by atoms with Gasteiger partial charge in [-0.2, -0.15) is 0 Å². The Morgan fingerprint density at radius 3 is 2.12 bits per heavy atom. The lowest BCUT2D eigenvalue weighted by Crippen LogP contribution is -2.27. The normalized spacial score (nSPS) is 10.1. The lowest BCUT2D eigenvalue weighted by molar-refractivity contribution is -0.120. The van der Waals surface area contributed by atoms with Gasteiger partial charge in [0, 0.05) is 6.54 Å². The maximum absolute atomic E-state index is 11.9. The molecule has 5 nitrogen and oxygen atoms in total. The zero-order valence-electron chi connectivity index (χ0n) is 13.9. The van der Waals surface area contributed by atoms with Crippen molar-refractivity contribution in [3.05, 3.63) is 65.2 Å². The fraction of sp³-hybridized carbons (Fsp3) is 0.263. The van der Waals surface area contributed by atoms with Crippen molar-refractivity contribution in [3.8, 4) is 5.75 Å². The second-order valence-corrected chi connectivity index (χ2v) is 5.31. The van der Waals surface area contributed by atoms with E-state index in [1.807, 2.05) is 36.4 Å².